The van der Waals surface area contributed by atoms with Gasteiger partial charge in [0.05, 0.1) is 30.1 Å². The van der Waals surface area contributed by atoms with E-state index in [1.54, 1.807) is 42.1 Å². The van der Waals surface area contributed by atoms with Crippen molar-refractivity contribution in [2.75, 3.05) is 41.1 Å². The van der Waals surface area contributed by atoms with Gasteiger partial charge in [0.25, 0.3) is 0 Å². The van der Waals surface area contributed by atoms with E-state index in [1.165, 1.54) is 12.8 Å². The molecule has 3 aliphatic rings. The third kappa shape index (κ3) is 8.84. The molecule has 5 N–H and O–H groups in total. The number of thioether (sulfide) groups is 1. The number of carbonyl (C=O) groups is 2. The van der Waals surface area contributed by atoms with E-state index >= 15 is 0 Å². The number of hydrogen-bond acceptors (Lipinski definition) is 11. The molecule has 1 saturated heterocycles. The number of amides is 1. The fraction of sp³-hybridized carbons (Fsp3) is 0.459. The Balaban J connectivity index is 1.05. The quantitative estimate of drug-likeness (QED) is 0.144. The Morgan fingerprint density at radius 3 is 2.33 bits per heavy atom. The summed E-state index contributed by atoms with van der Waals surface area (Å²) in [7, 11) is 0. The highest BCUT2D eigenvalue weighted by Gasteiger charge is 2.40. The average molecular weight is 761 g/mol. The Bertz CT molecular complexity index is 1710. The van der Waals surface area contributed by atoms with Gasteiger partial charge in [-0.2, -0.15) is 0 Å². The first-order valence-corrected chi connectivity index (χ1v) is 19.0. The first kappa shape index (κ1) is 37.8. The van der Waals surface area contributed by atoms with Crippen LogP contribution in [0.2, 0.25) is 10.0 Å². The van der Waals surface area contributed by atoms with Crippen molar-refractivity contribution >= 4 is 58.0 Å². The molecule has 0 spiro atoms. The number of Topliss-reactive ketones (excluding diaryl/α,β-unsaturated/α-hetero) is 1. The van der Waals surface area contributed by atoms with Crippen LogP contribution in [0.1, 0.15) is 47.2 Å². The van der Waals surface area contributed by atoms with Crippen molar-refractivity contribution < 1.29 is 39.9 Å². The summed E-state index contributed by atoms with van der Waals surface area (Å²) in [6.45, 7) is 1.26. The second-order valence-electron chi connectivity index (χ2n) is 13.3. The molecule has 2 heterocycles. The van der Waals surface area contributed by atoms with Gasteiger partial charge in [0.2, 0.25) is 5.91 Å². The monoisotopic (exact) mass is 759 g/mol. The molecule has 274 valence electrons. The number of carbonyl (C=O) groups excluding carboxylic acids is 2. The van der Waals surface area contributed by atoms with Gasteiger partial charge < -0.3 is 40.1 Å². The SMILES string of the molecule is O=C(CC[C@H](O)[C@@H](O)[C@H](O)[C@H](O)CO)c1cccc(OCc2cc(Cl)c(CN3CSC[C@H]3C(=O)N3CCN(C4CC4)c4ccccc43)cc2Cl)c1. The molecule has 2 aliphatic heterocycles. The maximum Gasteiger partial charge on any atom is 0.245 e. The van der Waals surface area contributed by atoms with Crippen LogP contribution in [0.5, 0.6) is 5.75 Å². The van der Waals surface area contributed by atoms with Crippen molar-refractivity contribution in [3.63, 3.8) is 0 Å². The van der Waals surface area contributed by atoms with Gasteiger partial charge in [0.1, 0.15) is 30.7 Å². The van der Waals surface area contributed by atoms with E-state index in [-0.39, 0.29) is 37.2 Å². The molecule has 0 aromatic heterocycles. The summed E-state index contributed by atoms with van der Waals surface area (Å²) in [6, 6.07) is 18.6. The van der Waals surface area contributed by atoms with Crippen molar-refractivity contribution in [2.45, 2.75) is 75.3 Å². The predicted molar refractivity (Wildman–Crippen MR) is 198 cm³/mol. The number of halogens is 2. The highest BCUT2D eigenvalue weighted by molar-refractivity contribution is 7.99. The van der Waals surface area contributed by atoms with Gasteiger partial charge in [0.15, 0.2) is 5.78 Å². The summed E-state index contributed by atoms with van der Waals surface area (Å²) in [6.07, 6.45) is -4.50. The molecule has 1 aliphatic carbocycles. The molecular formula is C37H43Cl2N3O8S. The number of ketones is 1. The summed E-state index contributed by atoms with van der Waals surface area (Å²) in [5.41, 5.74) is 3.89. The summed E-state index contributed by atoms with van der Waals surface area (Å²) >= 11 is 15.2. The number of para-hydroxylation sites is 2. The van der Waals surface area contributed by atoms with E-state index in [4.69, 9.17) is 33.0 Å². The summed E-state index contributed by atoms with van der Waals surface area (Å²) in [5.74, 6) is 1.58. The summed E-state index contributed by atoms with van der Waals surface area (Å²) < 4.78 is 5.96. The van der Waals surface area contributed by atoms with E-state index in [0.29, 0.717) is 57.7 Å². The number of aliphatic hydroxyl groups excluding tert-OH is 5. The van der Waals surface area contributed by atoms with Gasteiger partial charge in [0, 0.05) is 64.9 Å². The summed E-state index contributed by atoms with van der Waals surface area (Å²) in [4.78, 5) is 33.4. The zero-order valence-corrected chi connectivity index (χ0v) is 30.3. The molecule has 0 unspecified atom stereocenters. The van der Waals surface area contributed by atoms with Gasteiger partial charge in [-0.15, -0.1) is 11.8 Å². The van der Waals surface area contributed by atoms with E-state index in [1.807, 2.05) is 29.2 Å². The topological polar surface area (TPSA) is 154 Å². The second kappa shape index (κ2) is 16.8. The summed E-state index contributed by atoms with van der Waals surface area (Å²) in [5, 5.41) is 49.4. The van der Waals surface area contributed by atoms with Crippen molar-refractivity contribution in [3.05, 3.63) is 87.4 Å². The Hall–Kier alpha value is -2.91. The minimum absolute atomic E-state index is 0.0827. The fourth-order valence-corrected chi connectivity index (χ4v) is 8.25. The zero-order chi connectivity index (χ0) is 36.2. The molecule has 1 saturated carbocycles. The van der Waals surface area contributed by atoms with Crippen LogP contribution in [0.25, 0.3) is 0 Å². The Morgan fingerprint density at radius 2 is 1.59 bits per heavy atom. The predicted octanol–water partition coefficient (Wildman–Crippen LogP) is 3.86. The number of hydrogen-bond donors (Lipinski definition) is 5. The lowest BCUT2D eigenvalue weighted by Gasteiger charge is -2.39. The molecule has 11 nitrogen and oxygen atoms in total. The minimum atomic E-state index is -1.76. The van der Waals surface area contributed by atoms with Crippen LogP contribution >= 0.6 is 35.0 Å². The smallest absolute Gasteiger partial charge is 0.245 e. The molecule has 2 fully saturated rings. The first-order chi connectivity index (χ1) is 24.5. The van der Waals surface area contributed by atoms with Crippen LogP contribution < -0.4 is 14.5 Å². The first-order valence-electron chi connectivity index (χ1n) is 17.1. The van der Waals surface area contributed by atoms with Crippen LogP contribution in [-0.4, -0.2) is 110 Å². The highest BCUT2D eigenvalue weighted by Crippen LogP contribution is 2.41. The van der Waals surface area contributed by atoms with Gasteiger partial charge >= 0.3 is 0 Å². The molecule has 14 heteroatoms. The molecule has 3 aromatic rings. The Morgan fingerprint density at radius 1 is 0.882 bits per heavy atom. The van der Waals surface area contributed by atoms with Crippen molar-refractivity contribution in [1.82, 2.24) is 4.90 Å². The third-order valence-corrected chi connectivity index (χ3v) is 11.5. The molecule has 3 aromatic carbocycles. The lowest BCUT2D eigenvalue weighted by atomic mass is 9.97. The third-order valence-electron chi connectivity index (χ3n) is 9.69. The van der Waals surface area contributed by atoms with Crippen LogP contribution in [0, 0.1) is 0 Å². The number of benzene rings is 3. The van der Waals surface area contributed by atoms with Crippen molar-refractivity contribution in [2.24, 2.45) is 0 Å². The molecule has 5 atom stereocenters. The van der Waals surface area contributed by atoms with E-state index in [9.17, 15) is 30.0 Å². The standard InChI is InChI=1S/C37H43Cl2N3O8S/c38-27-16-24(19-50-26-5-3-4-22(14-26)32(44)10-11-33(45)35(47)36(48)34(46)18-43)28(39)15-23(27)17-40-21-51-20-31(40)37(49)42-13-12-41(25-8-9-25)29-6-1-2-7-30(29)42/h1-7,14-16,25,31,33-36,43,45-48H,8-13,17-21H2/t31-,33-,34+,35+,36+/m0/s1. The average Bonchev–Trinajstić information content (AvgIpc) is 3.89. The molecular weight excluding hydrogens is 717 g/mol. The van der Waals surface area contributed by atoms with Gasteiger partial charge in [-0.05, 0) is 61.2 Å². The molecule has 6 rings (SSSR count). The molecule has 0 radical (unpaired) electrons. The van der Waals surface area contributed by atoms with Crippen LogP contribution in [0.15, 0.2) is 60.7 Å². The van der Waals surface area contributed by atoms with Gasteiger partial charge in [-0.1, -0.05) is 47.5 Å². The van der Waals surface area contributed by atoms with E-state index in [2.05, 4.69) is 15.9 Å². The maximum absolute atomic E-state index is 14.0. The number of anilines is 2. The number of ether oxygens (including phenoxy) is 1. The van der Waals surface area contributed by atoms with E-state index in [0.717, 1.165) is 23.5 Å². The van der Waals surface area contributed by atoms with E-state index < -0.39 is 31.0 Å². The molecule has 1 amide bonds. The fourth-order valence-electron chi connectivity index (χ4n) is 6.58. The normalized spacial score (nSPS) is 20.1. The highest BCUT2D eigenvalue weighted by atomic mass is 35.5. The Kier molecular flexibility index (Phi) is 12.5. The number of nitrogens with zero attached hydrogens (tertiary/aromatic N) is 3. The number of rotatable bonds is 15. The minimum Gasteiger partial charge on any atom is -0.489 e. The largest absolute Gasteiger partial charge is 0.489 e. The Labute approximate surface area is 311 Å². The second-order valence-corrected chi connectivity index (χ2v) is 15.1. The van der Waals surface area contributed by atoms with Gasteiger partial charge in [-0.3, -0.25) is 14.5 Å². The van der Waals surface area contributed by atoms with Gasteiger partial charge in [-0.25, -0.2) is 0 Å². The zero-order valence-electron chi connectivity index (χ0n) is 28.0. The lowest BCUT2D eigenvalue weighted by Crippen LogP contribution is -2.52. The van der Waals surface area contributed by atoms with Crippen molar-refractivity contribution in [1.29, 1.82) is 0 Å². The number of aliphatic hydroxyl groups is 5. The molecule has 0 bridgehead atoms. The van der Waals surface area contributed by atoms with Crippen LogP contribution in [0.4, 0.5) is 11.4 Å². The van der Waals surface area contributed by atoms with Crippen molar-refractivity contribution in [3.8, 4) is 5.75 Å². The lowest BCUT2D eigenvalue weighted by molar-refractivity contribution is -0.122. The maximum atomic E-state index is 14.0. The number of fused-ring (bicyclic) bond motifs is 1. The molecule has 51 heavy (non-hydrogen) atoms. The van der Waals surface area contributed by atoms with Crippen LogP contribution in [-0.2, 0) is 17.9 Å². The van der Waals surface area contributed by atoms with Crippen LogP contribution in [0.3, 0.4) is 0 Å².